The van der Waals surface area contributed by atoms with Crippen LogP contribution in [0.3, 0.4) is 0 Å². The quantitative estimate of drug-likeness (QED) is 0.548. The molecule has 104 valence electrons. The number of hydrogen-bond donors (Lipinski definition) is 0. The standard InChI is InChI=1S/C17H11NO2.CH4/c1-18-16(19)14-10-9-13(11-15(14)17(18)20)8-7-12-5-3-2-4-6-12;/h2-6,9-11H,1H3;1H4. The van der Waals surface area contributed by atoms with Gasteiger partial charge in [0.25, 0.3) is 11.8 Å². The second kappa shape index (κ2) is 5.64. The first-order chi connectivity index (χ1) is 9.66. The maximum atomic E-state index is 11.9. The Labute approximate surface area is 124 Å². The zero-order valence-corrected chi connectivity index (χ0v) is 10.9. The van der Waals surface area contributed by atoms with Crippen LogP contribution >= 0.6 is 0 Å². The fourth-order valence-corrected chi connectivity index (χ4v) is 2.10. The first-order valence-corrected chi connectivity index (χ1v) is 6.20. The summed E-state index contributed by atoms with van der Waals surface area (Å²) in [6.07, 6.45) is 0. The van der Waals surface area contributed by atoms with E-state index in [1.54, 1.807) is 18.2 Å². The van der Waals surface area contributed by atoms with E-state index in [4.69, 9.17) is 0 Å². The number of amides is 2. The largest absolute Gasteiger partial charge is 0.277 e. The van der Waals surface area contributed by atoms with Gasteiger partial charge < -0.3 is 0 Å². The number of imide groups is 1. The van der Waals surface area contributed by atoms with Gasteiger partial charge in [0.2, 0.25) is 0 Å². The van der Waals surface area contributed by atoms with E-state index in [0.717, 1.165) is 16.0 Å². The van der Waals surface area contributed by atoms with Crippen molar-refractivity contribution in [1.82, 2.24) is 4.90 Å². The number of rotatable bonds is 0. The Morgan fingerprint density at radius 3 is 2.14 bits per heavy atom. The molecule has 2 aromatic rings. The molecule has 0 radical (unpaired) electrons. The molecule has 1 aliphatic rings. The molecule has 0 fully saturated rings. The predicted octanol–water partition coefficient (Wildman–Crippen LogP) is 2.95. The van der Waals surface area contributed by atoms with E-state index in [1.165, 1.54) is 7.05 Å². The fourth-order valence-electron chi connectivity index (χ4n) is 2.10. The van der Waals surface area contributed by atoms with Crippen LogP contribution in [0.2, 0.25) is 0 Å². The summed E-state index contributed by atoms with van der Waals surface area (Å²) in [6, 6.07) is 14.7. The molecule has 2 aromatic carbocycles. The molecule has 1 heterocycles. The molecule has 21 heavy (non-hydrogen) atoms. The highest BCUT2D eigenvalue weighted by Gasteiger charge is 2.32. The Morgan fingerprint density at radius 1 is 0.810 bits per heavy atom. The lowest BCUT2D eigenvalue weighted by Crippen LogP contribution is -2.24. The molecule has 0 bridgehead atoms. The van der Waals surface area contributed by atoms with Crippen molar-refractivity contribution in [2.45, 2.75) is 7.43 Å². The summed E-state index contributed by atoms with van der Waals surface area (Å²) in [4.78, 5) is 24.8. The van der Waals surface area contributed by atoms with Crippen molar-refractivity contribution in [3.8, 4) is 11.8 Å². The second-order valence-electron chi connectivity index (χ2n) is 4.55. The van der Waals surface area contributed by atoms with Crippen LogP contribution in [0.1, 0.15) is 39.3 Å². The van der Waals surface area contributed by atoms with Gasteiger partial charge in [0.15, 0.2) is 0 Å². The van der Waals surface area contributed by atoms with Crippen molar-refractivity contribution in [1.29, 1.82) is 0 Å². The minimum Gasteiger partial charge on any atom is -0.277 e. The summed E-state index contributed by atoms with van der Waals surface area (Å²) in [5, 5.41) is 0. The van der Waals surface area contributed by atoms with E-state index in [2.05, 4.69) is 11.8 Å². The van der Waals surface area contributed by atoms with E-state index >= 15 is 0 Å². The first kappa shape index (κ1) is 14.5. The van der Waals surface area contributed by atoms with Crippen molar-refractivity contribution in [2.24, 2.45) is 0 Å². The van der Waals surface area contributed by atoms with E-state index in [1.807, 2.05) is 30.3 Å². The zero-order valence-electron chi connectivity index (χ0n) is 10.9. The van der Waals surface area contributed by atoms with Crippen LogP contribution in [-0.4, -0.2) is 23.8 Å². The van der Waals surface area contributed by atoms with Crippen molar-refractivity contribution >= 4 is 11.8 Å². The lowest BCUT2D eigenvalue weighted by molar-refractivity contribution is 0.0693. The van der Waals surface area contributed by atoms with Gasteiger partial charge in [-0.25, -0.2) is 0 Å². The lowest BCUT2D eigenvalue weighted by atomic mass is 10.1. The number of fused-ring (bicyclic) bond motifs is 1. The Hall–Kier alpha value is -2.86. The van der Waals surface area contributed by atoms with Gasteiger partial charge in [-0.2, -0.15) is 0 Å². The van der Waals surface area contributed by atoms with E-state index in [9.17, 15) is 9.59 Å². The Balaban J connectivity index is 0.00000161. The Morgan fingerprint density at radius 2 is 1.43 bits per heavy atom. The summed E-state index contributed by atoms with van der Waals surface area (Å²) in [5.74, 6) is 5.51. The van der Waals surface area contributed by atoms with Gasteiger partial charge in [0.05, 0.1) is 11.1 Å². The number of nitrogens with zero attached hydrogens (tertiary/aromatic N) is 1. The molecule has 3 heteroatoms. The van der Waals surface area contributed by atoms with Crippen molar-refractivity contribution in [3.63, 3.8) is 0 Å². The third-order valence-corrected chi connectivity index (χ3v) is 3.21. The second-order valence-corrected chi connectivity index (χ2v) is 4.55. The van der Waals surface area contributed by atoms with Crippen molar-refractivity contribution in [2.75, 3.05) is 7.05 Å². The molecule has 3 nitrogen and oxygen atoms in total. The van der Waals surface area contributed by atoms with Crippen LogP contribution in [-0.2, 0) is 0 Å². The topological polar surface area (TPSA) is 37.4 Å². The zero-order chi connectivity index (χ0) is 14.1. The van der Waals surface area contributed by atoms with Crippen LogP contribution in [0.15, 0.2) is 48.5 Å². The number of benzene rings is 2. The highest BCUT2D eigenvalue weighted by atomic mass is 16.2. The molecule has 0 N–H and O–H groups in total. The minimum atomic E-state index is -0.270. The molecule has 1 aliphatic heterocycles. The fraction of sp³-hybridized carbons (Fsp3) is 0.111. The summed E-state index contributed by atoms with van der Waals surface area (Å²) < 4.78 is 0. The molecule has 0 saturated carbocycles. The van der Waals surface area contributed by atoms with Crippen LogP contribution in [0, 0.1) is 11.8 Å². The SMILES string of the molecule is C.CN1C(=O)c2ccc(C#Cc3ccccc3)cc2C1=O. The maximum absolute atomic E-state index is 11.9. The molecule has 0 saturated heterocycles. The van der Waals surface area contributed by atoms with E-state index < -0.39 is 0 Å². The number of carbonyl (C=O) groups is 2. The third kappa shape index (κ3) is 2.56. The minimum absolute atomic E-state index is 0. The molecule has 0 atom stereocenters. The van der Waals surface area contributed by atoms with Gasteiger partial charge in [-0.05, 0) is 30.3 Å². The summed E-state index contributed by atoms with van der Waals surface area (Å²) in [6.45, 7) is 0. The normalized spacial score (nSPS) is 12.3. The van der Waals surface area contributed by atoms with Gasteiger partial charge in [0, 0.05) is 18.2 Å². The third-order valence-electron chi connectivity index (χ3n) is 3.21. The van der Waals surface area contributed by atoms with E-state index in [0.29, 0.717) is 11.1 Å². The van der Waals surface area contributed by atoms with E-state index in [-0.39, 0.29) is 19.2 Å². The van der Waals surface area contributed by atoms with Crippen LogP contribution in [0.5, 0.6) is 0 Å². The highest BCUT2D eigenvalue weighted by Crippen LogP contribution is 2.22. The Kier molecular flexibility index (Phi) is 3.91. The first-order valence-electron chi connectivity index (χ1n) is 6.20. The monoisotopic (exact) mass is 277 g/mol. The van der Waals surface area contributed by atoms with Crippen molar-refractivity contribution in [3.05, 3.63) is 70.8 Å². The molecular weight excluding hydrogens is 262 g/mol. The number of hydrogen-bond acceptors (Lipinski definition) is 2. The van der Waals surface area contributed by atoms with Crippen LogP contribution < -0.4 is 0 Å². The van der Waals surface area contributed by atoms with Gasteiger partial charge in [-0.1, -0.05) is 37.5 Å². The molecule has 3 rings (SSSR count). The van der Waals surface area contributed by atoms with Gasteiger partial charge in [0.1, 0.15) is 0 Å². The molecule has 0 unspecified atom stereocenters. The smallest absolute Gasteiger partial charge is 0.261 e. The highest BCUT2D eigenvalue weighted by molar-refractivity contribution is 6.21. The lowest BCUT2D eigenvalue weighted by Gasteiger charge is -2.02. The van der Waals surface area contributed by atoms with Crippen molar-refractivity contribution < 1.29 is 9.59 Å². The summed E-state index contributed by atoms with van der Waals surface area (Å²) in [7, 11) is 1.49. The van der Waals surface area contributed by atoms with Gasteiger partial charge >= 0.3 is 0 Å². The molecule has 0 spiro atoms. The van der Waals surface area contributed by atoms with Gasteiger partial charge in [-0.15, -0.1) is 0 Å². The summed E-state index contributed by atoms with van der Waals surface area (Å²) >= 11 is 0. The van der Waals surface area contributed by atoms with Crippen LogP contribution in [0.4, 0.5) is 0 Å². The predicted molar refractivity (Wildman–Crippen MR) is 82.0 cm³/mol. The summed E-state index contributed by atoms with van der Waals surface area (Å²) in [5.41, 5.74) is 2.51. The average molecular weight is 277 g/mol. The molecule has 0 aliphatic carbocycles. The van der Waals surface area contributed by atoms with Gasteiger partial charge in [-0.3, -0.25) is 14.5 Å². The maximum Gasteiger partial charge on any atom is 0.261 e. The average Bonchev–Trinajstić information content (AvgIpc) is 2.71. The molecule has 0 aromatic heterocycles. The Bertz CT molecular complexity index is 767. The molecule has 2 amide bonds. The molecular formula is C18H15NO2. The van der Waals surface area contributed by atoms with Crippen LogP contribution in [0.25, 0.3) is 0 Å². The number of carbonyl (C=O) groups excluding carboxylic acids is 2.